The number of thiazole rings is 1. The first-order chi connectivity index (χ1) is 6.77. The van der Waals surface area contributed by atoms with Crippen LogP contribution in [0.15, 0.2) is 10.9 Å². The van der Waals surface area contributed by atoms with Gasteiger partial charge >= 0.3 is 5.97 Å². The van der Waals surface area contributed by atoms with Crippen molar-refractivity contribution in [3.05, 3.63) is 16.6 Å². The van der Waals surface area contributed by atoms with Crippen molar-refractivity contribution in [1.29, 1.82) is 0 Å². The second-order valence-electron chi connectivity index (χ2n) is 3.45. The van der Waals surface area contributed by atoms with Crippen LogP contribution in [0.5, 0.6) is 0 Å². The molecule has 0 aromatic carbocycles. The van der Waals surface area contributed by atoms with E-state index >= 15 is 0 Å². The molecule has 1 fully saturated rings. The predicted octanol–water partition coefficient (Wildman–Crippen LogP) is 1.19. The fourth-order valence-electron chi connectivity index (χ4n) is 1.82. The van der Waals surface area contributed by atoms with Crippen LogP contribution in [0, 0.1) is 0 Å². The highest BCUT2D eigenvalue weighted by atomic mass is 32.1. The number of carbonyl (C=O) groups is 1. The highest BCUT2D eigenvalue weighted by molar-refractivity contribution is 7.07. The first-order valence-corrected chi connectivity index (χ1v) is 5.55. The van der Waals surface area contributed by atoms with Crippen LogP contribution >= 0.6 is 11.3 Å². The van der Waals surface area contributed by atoms with Gasteiger partial charge in [0.1, 0.15) is 6.04 Å². The molecule has 1 aromatic rings. The lowest BCUT2D eigenvalue weighted by Gasteiger charge is -2.19. The van der Waals surface area contributed by atoms with Gasteiger partial charge in [-0.1, -0.05) is 0 Å². The van der Waals surface area contributed by atoms with Crippen molar-refractivity contribution in [3.8, 4) is 0 Å². The van der Waals surface area contributed by atoms with Crippen LogP contribution in [-0.4, -0.2) is 33.5 Å². The monoisotopic (exact) mass is 212 g/mol. The van der Waals surface area contributed by atoms with Gasteiger partial charge in [0.05, 0.1) is 11.2 Å². The summed E-state index contributed by atoms with van der Waals surface area (Å²) in [4.78, 5) is 17.0. The van der Waals surface area contributed by atoms with Crippen molar-refractivity contribution in [2.75, 3.05) is 6.54 Å². The Labute approximate surface area is 86.2 Å². The molecule has 1 atom stereocenters. The number of carboxylic acid groups (broad SMARTS) is 1. The number of nitrogens with zero attached hydrogens (tertiary/aromatic N) is 2. The smallest absolute Gasteiger partial charge is 0.320 e. The van der Waals surface area contributed by atoms with Gasteiger partial charge in [-0.25, -0.2) is 4.98 Å². The van der Waals surface area contributed by atoms with Crippen molar-refractivity contribution in [3.63, 3.8) is 0 Å². The average Bonchev–Trinajstić information content (AvgIpc) is 2.75. The van der Waals surface area contributed by atoms with E-state index in [0.29, 0.717) is 6.54 Å². The fraction of sp³-hybridized carbons (Fsp3) is 0.556. The Hall–Kier alpha value is -0.940. The van der Waals surface area contributed by atoms with Crippen LogP contribution in [0.3, 0.4) is 0 Å². The SMILES string of the molecule is O=C(O)C1CCCN1Cc1cscn1. The number of carboxylic acids is 1. The molecule has 0 amide bonds. The molecule has 0 aliphatic carbocycles. The van der Waals surface area contributed by atoms with Gasteiger partial charge in [-0.3, -0.25) is 9.69 Å². The lowest BCUT2D eigenvalue weighted by atomic mass is 10.2. The van der Waals surface area contributed by atoms with E-state index in [0.717, 1.165) is 25.1 Å². The molecule has 5 heteroatoms. The van der Waals surface area contributed by atoms with Crippen molar-refractivity contribution in [2.45, 2.75) is 25.4 Å². The highest BCUT2D eigenvalue weighted by Gasteiger charge is 2.30. The maximum absolute atomic E-state index is 10.9. The number of aromatic nitrogens is 1. The van der Waals surface area contributed by atoms with Gasteiger partial charge in [0.2, 0.25) is 0 Å². The van der Waals surface area contributed by atoms with Crippen LogP contribution in [0.25, 0.3) is 0 Å². The average molecular weight is 212 g/mol. The minimum absolute atomic E-state index is 0.309. The molecule has 1 aliphatic rings. The summed E-state index contributed by atoms with van der Waals surface area (Å²) < 4.78 is 0. The summed E-state index contributed by atoms with van der Waals surface area (Å²) >= 11 is 1.55. The largest absolute Gasteiger partial charge is 0.480 e. The molecule has 2 rings (SSSR count). The topological polar surface area (TPSA) is 53.4 Å². The van der Waals surface area contributed by atoms with E-state index in [1.165, 1.54) is 0 Å². The van der Waals surface area contributed by atoms with Crippen molar-refractivity contribution in [1.82, 2.24) is 9.88 Å². The summed E-state index contributed by atoms with van der Waals surface area (Å²) in [5.74, 6) is -0.710. The molecule has 4 nitrogen and oxygen atoms in total. The molecule has 0 bridgehead atoms. The molecule has 14 heavy (non-hydrogen) atoms. The molecule has 1 saturated heterocycles. The quantitative estimate of drug-likeness (QED) is 0.817. The lowest BCUT2D eigenvalue weighted by Crippen LogP contribution is -2.35. The highest BCUT2D eigenvalue weighted by Crippen LogP contribution is 2.19. The van der Waals surface area contributed by atoms with E-state index in [1.54, 1.807) is 16.8 Å². The van der Waals surface area contributed by atoms with E-state index in [1.807, 2.05) is 10.3 Å². The summed E-state index contributed by atoms with van der Waals surface area (Å²) in [5.41, 5.74) is 2.75. The normalized spacial score (nSPS) is 22.7. The Bertz CT molecular complexity index is 313. The number of aliphatic carboxylic acids is 1. The fourth-order valence-corrected chi connectivity index (χ4v) is 2.37. The zero-order valence-corrected chi connectivity index (χ0v) is 8.54. The minimum Gasteiger partial charge on any atom is -0.480 e. The van der Waals surface area contributed by atoms with Gasteiger partial charge in [-0.2, -0.15) is 0 Å². The van der Waals surface area contributed by atoms with Crippen LogP contribution in [-0.2, 0) is 11.3 Å². The minimum atomic E-state index is -0.710. The summed E-state index contributed by atoms with van der Waals surface area (Å²) in [6, 6.07) is -0.309. The van der Waals surface area contributed by atoms with Crippen molar-refractivity contribution < 1.29 is 9.90 Å². The summed E-state index contributed by atoms with van der Waals surface area (Å²) in [6.07, 6.45) is 1.74. The lowest BCUT2D eigenvalue weighted by molar-refractivity contribution is -0.142. The summed E-state index contributed by atoms with van der Waals surface area (Å²) in [6.45, 7) is 1.54. The third-order valence-corrected chi connectivity index (χ3v) is 3.13. The molecular weight excluding hydrogens is 200 g/mol. The third kappa shape index (κ3) is 1.93. The Morgan fingerprint density at radius 3 is 3.29 bits per heavy atom. The van der Waals surface area contributed by atoms with Gasteiger partial charge in [-0.05, 0) is 19.4 Å². The second-order valence-corrected chi connectivity index (χ2v) is 4.17. The summed E-state index contributed by atoms with van der Waals surface area (Å²) in [5, 5.41) is 10.9. The first-order valence-electron chi connectivity index (χ1n) is 4.61. The molecule has 1 aliphatic heterocycles. The van der Waals surface area contributed by atoms with Crippen LogP contribution in [0.4, 0.5) is 0 Å². The molecule has 0 spiro atoms. The maximum atomic E-state index is 10.9. The van der Waals surface area contributed by atoms with Gasteiger partial charge in [0.25, 0.3) is 0 Å². The molecule has 0 saturated carbocycles. The zero-order valence-electron chi connectivity index (χ0n) is 7.72. The standard InChI is InChI=1S/C9H12N2O2S/c12-9(13)8-2-1-3-11(8)4-7-5-14-6-10-7/h5-6,8H,1-4H2,(H,12,13). The molecule has 2 heterocycles. The molecule has 1 unspecified atom stereocenters. The molecule has 0 radical (unpaired) electrons. The van der Waals surface area contributed by atoms with Crippen LogP contribution < -0.4 is 0 Å². The van der Waals surface area contributed by atoms with E-state index in [4.69, 9.17) is 5.11 Å². The van der Waals surface area contributed by atoms with E-state index in [-0.39, 0.29) is 6.04 Å². The number of hydrogen-bond acceptors (Lipinski definition) is 4. The predicted molar refractivity (Wildman–Crippen MR) is 53.2 cm³/mol. The Morgan fingerprint density at radius 2 is 2.64 bits per heavy atom. The Morgan fingerprint density at radius 1 is 1.79 bits per heavy atom. The van der Waals surface area contributed by atoms with E-state index < -0.39 is 5.97 Å². The van der Waals surface area contributed by atoms with Gasteiger partial charge in [0, 0.05) is 11.9 Å². The maximum Gasteiger partial charge on any atom is 0.320 e. The molecule has 1 N–H and O–H groups in total. The Balaban J connectivity index is 2.00. The first kappa shape index (κ1) is 9.61. The van der Waals surface area contributed by atoms with Gasteiger partial charge in [-0.15, -0.1) is 11.3 Å². The third-order valence-electron chi connectivity index (χ3n) is 2.50. The second kappa shape index (κ2) is 4.06. The van der Waals surface area contributed by atoms with Crippen molar-refractivity contribution in [2.24, 2.45) is 0 Å². The number of likely N-dealkylation sites (tertiary alicyclic amines) is 1. The number of rotatable bonds is 3. The van der Waals surface area contributed by atoms with E-state index in [9.17, 15) is 4.79 Å². The van der Waals surface area contributed by atoms with Crippen LogP contribution in [0.1, 0.15) is 18.5 Å². The molecule has 76 valence electrons. The van der Waals surface area contributed by atoms with Crippen molar-refractivity contribution >= 4 is 17.3 Å². The molecule has 1 aromatic heterocycles. The zero-order chi connectivity index (χ0) is 9.97. The van der Waals surface area contributed by atoms with E-state index in [2.05, 4.69) is 4.98 Å². The Kier molecular flexibility index (Phi) is 2.79. The van der Waals surface area contributed by atoms with Crippen LogP contribution in [0.2, 0.25) is 0 Å². The number of hydrogen-bond donors (Lipinski definition) is 1. The van der Waals surface area contributed by atoms with Gasteiger partial charge in [0.15, 0.2) is 0 Å². The molecular formula is C9H12N2O2S. The summed E-state index contributed by atoms with van der Waals surface area (Å²) in [7, 11) is 0. The van der Waals surface area contributed by atoms with Gasteiger partial charge < -0.3 is 5.11 Å².